The van der Waals surface area contributed by atoms with Gasteiger partial charge in [0.15, 0.2) is 0 Å². The summed E-state index contributed by atoms with van der Waals surface area (Å²) in [6, 6.07) is 0. The largest absolute Gasteiger partial charge is 0.278 e. The molecule has 0 saturated carbocycles. The molecule has 0 fully saturated rings. The van der Waals surface area contributed by atoms with Crippen LogP contribution in [-0.4, -0.2) is 65.4 Å². The summed E-state index contributed by atoms with van der Waals surface area (Å²) in [4.78, 5) is 0. The van der Waals surface area contributed by atoms with Crippen molar-refractivity contribution in [1.29, 1.82) is 0 Å². The van der Waals surface area contributed by atoms with Crippen molar-refractivity contribution < 1.29 is 16.8 Å². The maximum absolute atomic E-state index is 11.4. The van der Waals surface area contributed by atoms with Crippen LogP contribution in [0.25, 0.3) is 0 Å². The predicted octanol–water partition coefficient (Wildman–Crippen LogP) is -0.946. The van der Waals surface area contributed by atoms with Crippen molar-refractivity contribution >= 4 is 20.2 Å². The molecule has 0 aromatic rings. The second-order valence-corrected chi connectivity index (χ2v) is 7.80. The fourth-order valence-electron chi connectivity index (χ4n) is 1.12. The van der Waals surface area contributed by atoms with Gasteiger partial charge in [-0.3, -0.25) is 0 Å². The first-order valence-electron chi connectivity index (χ1n) is 5.23. The monoisotopic (exact) mass is 287 g/mol. The van der Waals surface area contributed by atoms with Gasteiger partial charge in [0.1, 0.15) is 0 Å². The van der Waals surface area contributed by atoms with Crippen LogP contribution in [0.5, 0.6) is 0 Å². The fraction of sp³-hybridized carbons (Fsp3) is 1.00. The Morgan fingerprint density at radius 2 is 1.59 bits per heavy atom. The molecule has 0 aromatic carbocycles. The molecule has 0 bridgehead atoms. The molecule has 0 radical (unpaired) electrons. The lowest BCUT2D eigenvalue weighted by Crippen LogP contribution is -2.42. The number of nitrogens with zero attached hydrogens (tertiary/aromatic N) is 2. The number of sulfonamides is 1. The Bertz CT molecular complexity index is 416. The summed E-state index contributed by atoms with van der Waals surface area (Å²) in [6.07, 6.45) is 1.80. The summed E-state index contributed by atoms with van der Waals surface area (Å²) >= 11 is 0. The lowest BCUT2D eigenvalue weighted by molar-refractivity contribution is 0.413. The minimum atomic E-state index is -3.49. The Kier molecular flexibility index (Phi) is 6.56. The van der Waals surface area contributed by atoms with Crippen molar-refractivity contribution in [1.82, 2.24) is 13.3 Å². The highest BCUT2D eigenvalue weighted by Crippen LogP contribution is 1.99. The van der Waals surface area contributed by atoms with Crippen LogP contribution >= 0.6 is 0 Å². The predicted molar refractivity (Wildman–Crippen MR) is 67.3 cm³/mol. The van der Waals surface area contributed by atoms with Crippen LogP contribution in [0.3, 0.4) is 0 Å². The van der Waals surface area contributed by atoms with Crippen LogP contribution < -0.4 is 4.72 Å². The molecule has 0 saturated heterocycles. The number of hydrogen-bond donors (Lipinski definition) is 1. The molecule has 7 nitrogen and oxygen atoms in total. The van der Waals surface area contributed by atoms with Gasteiger partial charge in [0.05, 0.1) is 6.26 Å². The van der Waals surface area contributed by atoms with Crippen molar-refractivity contribution in [2.45, 2.75) is 13.3 Å². The Hall–Kier alpha value is -0.220. The molecule has 0 heterocycles. The molecular weight excluding hydrogens is 266 g/mol. The van der Waals surface area contributed by atoms with Crippen LogP contribution in [0, 0.1) is 0 Å². The van der Waals surface area contributed by atoms with Crippen LogP contribution in [0.4, 0.5) is 0 Å². The Morgan fingerprint density at radius 1 is 1.06 bits per heavy atom. The highest BCUT2D eigenvalue weighted by Gasteiger charge is 2.17. The quantitative estimate of drug-likeness (QED) is 0.624. The summed E-state index contributed by atoms with van der Waals surface area (Å²) in [5.74, 6) is 0. The second kappa shape index (κ2) is 6.64. The SMILES string of the molecule is CCCN(CCNS(=O)(=O)N(C)C)S(C)(=O)=O. The van der Waals surface area contributed by atoms with Crippen molar-refractivity contribution in [3.8, 4) is 0 Å². The van der Waals surface area contributed by atoms with Crippen LogP contribution in [0.15, 0.2) is 0 Å². The van der Waals surface area contributed by atoms with E-state index in [1.54, 1.807) is 0 Å². The normalized spacial score (nSPS) is 13.5. The van der Waals surface area contributed by atoms with Gasteiger partial charge in [-0.2, -0.15) is 12.7 Å². The smallest absolute Gasteiger partial charge is 0.213 e. The van der Waals surface area contributed by atoms with Gasteiger partial charge >= 0.3 is 0 Å². The first-order chi connectivity index (χ1) is 7.61. The third-order valence-corrected chi connectivity index (χ3v) is 4.90. The number of nitrogens with one attached hydrogen (secondary N) is 1. The first-order valence-corrected chi connectivity index (χ1v) is 8.52. The zero-order valence-corrected chi connectivity index (χ0v) is 12.3. The summed E-state index contributed by atoms with van der Waals surface area (Å²) in [6.45, 7) is 2.46. The van der Waals surface area contributed by atoms with E-state index in [1.807, 2.05) is 6.92 Å². The molecule has 0 atom stereocenters. The van der Waals surface area contributed by atoms with Gasteiger partial charge < -0.3 is 0 Å². The maximum Gasteiger partial charge on any atom is 0.278 e. The summed E-state index contributed by atoms with van der Waals surface area (Å²) in [5.41, 5.74) is 0. The standard InChI is InChI=1S/C8H21N3O4S2/c1-5-7-11(16(4,12)13)8-6-9-17(14,15)10(2)3/h9H,5-8H2,1-4H3. The Labute approximate surface area is 104 Å². The number of hydrogen-bond acceptors (Lipinski definition) is 4. The van der Waals surface area contributed by atoms with E-state index >= 15 is 0 Å². The molecule has 0 aliphatic carbocycles. The fourth-order valence-corrected chi connectivity index (χ4v) is 2.67. The van der Waals surface area contributed by atoms with Gasteiger partial charge in [-0.15, -0.1) is 0 Å². The van der Waals surface area contributed by atoms with E-state index in [0.717, 1.165) is 10.6 Å². The highest BCUT2D eigenvalue weighted by molar-refractivity contribution is 7.88. The van der Waals surface area contributed by atoms with E-state index in [-0.39, 0.29) is 13.1 Å². The lowest BCUT2D eigenvalue weighted by Gasteiger charge is -2.20. The molecule has 9 heteroatoms. The second-order valence-electron chi connectivity index (χ2n) is 3.84. The lowest BCUT2D eigenvalue weighted by atomic mass is 10.5. The van der Waals surface area contributed by atoms with E-state index in [9.17, 15) is 16.8 Å². The molecule has 0 amide bonds. The zero-order valence-electron chi connectivity index (χ0n) is 10.7. The van der Waals surface area contributed by atoms with E-state index in [1.165, 1.54) is 18.4 Å². The van der Waals surface area contributed by atoms with E-state index in [2.05, 4.69) is 4.72 Å². The first kappa shape index (κ1) is 16.8. The van der Waals surface area contributed by atoms with Crippen molar-refractivity contribution in [2.75, 3.05) is 40.0 Å². The van der Waals surface area contributed by atoms with E-state index < -0.39 is 20.2 Å². The van der Waals surface area contributed by atoms with Crippen molar-refractivity contribution in [3.05, 3.63) is 0 Å². The average molecular weight is 287 g/mol. The Balaban J connectivity index is 4.36. The maximum atomic E-state index is 11.4. The third-order valence-electron chi connectivity index (χ3n) is 2.07. The van der Waals surface area contributed by atoms with Crippen LogP contribution in [-0.2, 0) is 20.2 Å². The number of rotatable bonds is 8. The molecule has 104 valence electrons. The van der Waals surface area contributed by atoms with Crippen molar-refractivity contribution in [3.63, 3.8) is 0 Å². The van der Waals surface area contributed by atoms with Gasteiger partial charge in [0.25, 0.3) is 10.2 Å². The minimum Gasteiger partial charge on any atom is -0.213 e. The molecule has 0 rings (SSSR count). The van der Waals surface area contributed by atoms with E-state index in [4.69, 9.17) is 0 Å². The van der Waals surface area contributed by atoms with Crippen LogP contribution in [0.1, 0.15) is 13.3 Å². The molecule has 0 spiro atoms. The molecule has 0 aliphatic heterocycles. The Morgan fingerprint density at radius 3 is 1.94 bits per heavy atom. The van der Waals surface area contributed by atoms with Gasteiger partial charge in [-0.25, -0.2) is 17.4 Å². The molecular formula is C8H21N3O4S2. The molecule has 0 unspecified atom stereocenters. The van der Waals surface area contributed by atoms with Gasteiger partial charge in [-0.05, 0) is 6.42 Å². The summed E-state index contributed by atoms with van der Waals surface area (Å²) in [7, 11) is -3.96. The molecule has 1 N–H and O–H groups in total. The zero-order chi connectivity index (χ0) is 13.7. The minimum absolute atomic E-state index is 0.0631. The van der Waals surface area contributed by atoms with Crippen molar-refractivity contribution in [2.24, 2.45) is 0 Å². The van der Waals surface area contributed by atoms with Crippen LogP contribution in [0.2, 0.25) is 0 Å². The summed E-state index contributed by atoms with van der Waals surface area (Å²) in [5, 5.41) is 0. The molecule has 0 aromatic heterocycles. The molecule has 0 aliphatic rings. The van der Waals surface area contributed by atoms with Gasteiger partial charge in [-0.1, -0.05) is 6.92 Å². The third kappa shape index (κ3) is 6.32. The topological polar surface area (TPSA) is 86.8 Å². The highest BCUT2D eigenvalue weighted by atomic mass is 32.2. The van der Waals surface area contributed by atoms with Gasteiger partial charge in [0.2, 0.25) is 10.0 Å². The summed E-state index contributed by atoms with van der Waals surface area (Å²) < 4.78 is 50.0. The molecule has 17 heavy (non-hydrogen) atoms. The van der Waals surface area contributed by atoms with Gasteiger partial charge in [0, 0.05) is 33.7 Å². The van der Waals surface area contributed by atoms with E-state index in [0.29, 0.717) is 13.0 Å². The average Bonchev–Trinajstić information content (AvgIpc) is 2.14.